The van der Waals surface area contributed by atoms with Gasteiger partial charge in [0, 0.05) is 6.42 Å². The lowest BCUT2D eigenvalue weighted by Gasteiger charge is -2.24. The van der Waals surface area contributed by atoms with Crippen molar-refractivity contribution in [1.29, 1.82) is 0 Å². The van der Waals surface area contributed by atoms with Crippen LogP contribution in [0.1, 0.15) is 45.6 Å². The molecule has 28 heavy (non-hydrogen) atoms. The van der Waals surface area contributed by atoms with E-state index in [9.17, 15) is 19.5 Å². The summed E-state index contributed by atoms with van der Waals surface area (Å²) in [7, 11) is 0. The summed E-state index contributed by atoms with van der Waals surface area (Å²) in [4.78, 5) is 36.3. The van der Waals surface area contributed by atoms with Gasteiger partial charge in [-0.05, 0) is 52.1 Å². The average molecular weight is 393 g/mol. The van der Waals surface area contributed by atoms with Crippen molar-refractivity contribution in [2.75, 3.05) is 6.54 Å². The Balaban J connectivity index is 2.87. The van der Waals surface area contributed by atoms with Crippen LogP contribution in [0.25, 0.3) is 0 Å². The fourth-order valence-electron chi connectivity index (χ4n) is 2.53. The monoisotopic (exact) mass is 393 g/mol. The Morgan fingerprint density at radius 2 is 1.71 bits per heavy atom. The molecule has 0 aromatic heterocycles. The van der Waals surface area contributed by atoms with E-state index in [4.69, 9.17) is 10.5 Å². The van der Waals surface area contributed by atoms with Gasteiger partial charge in [0.15, 0.2) is 0 Å². The number of carboxylic acid groups (broad SMARTS) is 1. The smallest absolute Gasteiger partial charge is 0.408 e. The second-order valence-corrected chi connectivity index (χ2v) is 7.57. The van der Waals surface area contributed by atoms with Gasteiger partial charge in [0.25, 0.3) is 0 Å². The Hall–Kier alpha value is -2.61. The third-order valence-corrected chi connectivity index (χ3v) is 3.85. The van der Waals surface area contributed by atoms with Crippen molar-refractivity contribution in [3.05, 3.63) is 35.9 Å². The van der Waals surface area contributed by atoms with Crippen molar-refractivity contribution in [1.82, 2.24) is 10.6 Å². The van der Waals surface area contributed by atoms with Crippen molar-refractivity contribution in [2.45, 2.75) is 64.1 Å². The number of aliphatic carboxylic acids is 1. The number of benzene rings is 1. The summed E-state index contributed by atoms with van der Waals surface area (Å²) < 4.78 is 5.23. The van der Waals surface area contributed by atoms with Crippen molar-refractivity contribution < 1.29 is 24.2 Å². The molecule has 0 aliphatic rings. The van der Waals surface area contributed by atoms with E-state index in [2.05, 4.69) is 10.6 Å². The lowest BCUT2D eigenvalue weighted by atomic mass is 10.0. The number of hydrogen-bond donors (Lipinski definition) is 4. The number of carboxylic acids is 1. The molecule has 8 nitrogen and oxygen atoms in total. The number of nitrogens with one attached hydrogen (secondary N) is 2. The largest absolute Gasteiger partial charge is 0.480 e. The van der Waals surface area contributed by atoms with Crippen molar-refractivity contribution in [2.24, 2.45) is 5.73 Å². The number of amides is 2. The van der Waals surface area contributed by atoms with Crippen LogP contribution < -0.4 is 16.4 Å². The van der Waals surface area contributed by atoms with E-state index in [0.717, 1.165) is 5.56 Å². The average Bonchev–Trinajstić information content (AvgIpc) is 2.59. The van der Waals surface area contributed by atoms with E-state index in [-0.39, 0.29) is 12.8 Å². The lowest BCUT2D eigenvalue weighted by Crippen LogP contribution is -2.53. The molecule has 2 unspecified atom stereocenters. The highest BCUT2D eigenvalue weighted by molar-refractivity contribution is 5.89. The molecule has 156 valence electrons. The summed E-state index contributed by atoms with van der Waals surface area (Å²) in [6, 6.07) is 7.14. The molecule has 1 rings (SSSR count). The Bertz CT molecular complexity index is 643. The number of carbonyl (C=O) groups is 3. The van der Waals surface area contributed by atoms with E-state index in [1.54, 1.807) is 20.8 Å². The van der Waals surface area contributed by atoms with E-state index >= 15 is 0 Å². The van der Waals surface area contributed by atoms with Gasteiger partial charge in [0.05, 0.1) is 0 Å². The van der Waals surface area contributed by atoms with Crippen molar-refractivity contribution >= 4 is 18.0 Å². The molecule has 0 heterocycles. The first-order valence-electron chi connectivity index (χ1n) is 9.39. The maximum Gasteiger partial charge on any atom is 0.408 e. The molecule has 1 aromatic carbocycles. The predicted molar refractivity (Wildman–Crippen MR) is 106 cm³/mol. The van der Waals surface area contributed by atoms with Crippen LogP contribution in [0.4, 0.5) is 4.79 Å². The Labute approximate surface area is 165 Å². The molecular weight excluding hydrogens is 362 g/mol. The Morgan fingerprint density at radius 3 is 2.25 bits per heavy atom. The van der Waals surface area contributed by atoms with Gasteiger partial charge in [-0.15, -0.1) is 0 Å². The number of nitrogens with two attached hydrogens (primary N) is 1. The summed E-state index contributed by atoms with van der Waals surface area (Å²) in [6.45, 7) is 5.61. The van der Waals surface area contributed by atoms with Crippen LogP contribution in [-0.4, -0.2) is 47.3 Å². The lowest BCUT2D eigenvalue weighted by molar-refractivity contribution is -0.142. The molecule has 2 amide bonds. The molecule has 1 aromatic rings. The maximum absolute atomic E-state index is 12.7. The molecule has 0 aliphatic heterocycles. The topological polar surface area (TPSA) is 131 Å². The molecule has 5 N–H and O–H groups in total. The van der Waals surface area contributed by atoms with E-state index in [1.807, 2.05) is 30.3 Å². The second kappa shape index (κ2) is 11.3. The van der Waals surface area contributed by atoms with Crippen LogP contribution in [0.15, 0.2) is 30.3 Å². The number of alkyl carbamates (subject to hydrolysis) is 1. The van der Waals surface area contributed by atoms with Gasteiger partial charge in [0.2, 0.25) is 5.91 Å². The second-order valence-electron chi connectivity index (χ2n) is 7.57. The Kier molecular flexibility index (Phi) is 9.44. The number of carbonyl (C=O) groups excluding carboxylic acids is 2. The molecular formula is C20H31N3O5. The first kappa shape index (κ1) is 23.4. The minimum absolute atomic E-state index is 0.209. The van der Waals surface area contributed by atoms with Crippen molar-refractivity contribution in [3.63, 3.8) is 0 Å². The highest BCUT2D eigenvalue weighted by Gasteiger charge is 2.28. The van der Waals surface area contributed by atoms with Crippen LogP contribution in [0, 0.1) is 0 Å². The normalized spacial score (nSPS) is 13.3. The van der Waals surface area contributed by atoms with Crippen molar-refractivity contribution in [3.8, 4) is 0 Å². The zero-order valence-corrected chi connectivity index (χ0v) is 16.7. The van der Waals surface area contributed by atoms with Gasteiger partial charge < -0.3 is 26.2 Å². The maximum atomic E-state index is 12.7. The minimum Gasteiger partial charge on any atom is -0.480 e. The van der Waals surface area contributed by atoms with E-state index in [0.29, 0.717) is 19.4 Å². The SMILES string of the molecule is CC(C)(C)OC(=O)NC(Cc1ccccc1)C(=O)NC(CCCCN)C(=O)O. The molecule has 0 radical (unpaired) electrons. The molecule has 2 atom stereocenters. The first-order chi connectivity index (χ1) is 13.1. The number of rotatable bonds is 10. The first-order valence-corrected chi connectivity index (χ1v) is 9.39. The van der Waals surface area contributed by atoms with Gasteiger partial charge in [-0.25, -0.2) is 9.59 Å². The van der Waals surface area contributed by atoms with Crippen LogP contribution >= 0.6 is 0 Å². The number of hydrogen-bond acceptors (Lipinski definition) is 5. The van der Waals surface area contributed by atoms with Gasteiger partial charge in [0.1, 0.15) is 17.7 Å². The molecule has 0 spiro atoms. The zero-order valence-electron chi connectivity index (χ0n) is 16.7. The fourth-order valence-corrected chi connectivity index (χ4v) is 2.53. The van der Waals surface area contributed by atoms with E-state index < -0.39 is 35.7 Å². The standard InChI is InChI=1S/C20H31N3O5/c1-20(2,3)28-19(27)23-16(13-14-9-5-4-6-10-14)17(24)22-15(18(25)26)11-7-8-12-21/h4-6,9-10,15-16H,7-8,11-13,21H2,1-3H3,(H,22,24)(H,23,27)(H,25,26). The zero-order chi connectivity index (χ0) is 21.2. The van der Waals surface area contributed by atoms with Crippen LogP contribution in [-0.2, 0) is 20.7 Å². The van der Waals surface area contributed by atoms with Crippen LogP contribution in [0.5, 0.6) is 0 Å². The predicted octanol–water partition coefficient (Wildman–Crippen LogP) is 1.82. The molecule has 0 saturated heterocycles. The molecule has 0 fully saturated rings. The minimum atomic E-state index is -1.12. The molecule has 0 aliphatic carbocycles. The third kappa shape index (κ3) is 9.36. The fraction of sp³-hybridized carbons (Fsp3) is 0.550. The number of unbranched alkanes of at least 4 members (excludes halogenated alkanes) is 1. The summed E-state index contributed by atoms with van der Waals surface area (Å²) in [6.07, 6.45) is 0.988. The quantitative estimate of drug-likeness (QED) is 0.449. The van der Waals surface area contributed by atoms with E-state index in [1.165, 1.54) is 0 Å². The third-order valence-electron chi connectivity index (χ3n) is 3.85. The summed E-state index contributed by atoms with van der Waals surface area (Å²) in [5.74, 6) is -1.70. The summed E-state index contributed by atoms with van der Waals surface area (Å²) in [5.41, 5.74) is 5.54. The Morgan fingerprint density at radius 1 is 1.07 bits per heavy atom. The van der Waals surface area contributed by atoms with Gasteiger partial charge in [-0.3, -0.25) is 4.79 Å². The number of ether oxygens (including phenoxy) is 1. The summed E-state index contributed by atoms with van der Waals surface area (Å²) in [5, 5.41) is 14.4. The van der Waals surface area contributed by atoms with Crippen LogP contribution in [0.2, 0.25) is 0 Å². The van der Waals surface area contributed by atoms with Gasteiger partial charge in [-0.2, -0.15) is 0 Å². The van der Waals surface area contributed by atoms with Crippen LogP contribution in [0.3, 0.4) is 0 Å². The highest BCUT2D eigenvalue weighted by atomic mass is 16.6. The van der Waals surface area contributed by atoms with Gasteiger partial charge >= 0.3 is 12.1 Å². The molecule has 8 heteroatoms. The highest BCUT2D eigenvalue weighted by Crippen LogP contribution is 2.09. The molecule has 0 saturated carbocycles. The van der Waals surface area contributed by atoms with Gasteiger partial charge in [-0.1, -0.05) is 30.3 Å². The summed E-state index contributed by atoms with van der Waals surface area (Å²) >= 11 is 0. The molecule has 0 bridgehead atoms.